The van der Waals surface area contributed by atoms with Crippen LogP contribution in [0.2, 0.25) is 0 Å². The van der Waals surface area contributed by atoms with Crippen LogP contribution in [0.5, 0.6) is 0 Å². The van der Waals surface area contributed by atoms with E-state index in [-0.39, 0.29) is 0 Å². The molecule has 0 bridgehead atoms. The minimum Gasteiger partial charge on any atom is -0.304 e. The number of hydrazone groups is 1. The summed E-state index contributed by atoms with van der Waals surface area (Å²) in [6, 6.07) is 0. The van der Waals surface area contributed by atoms with Crippen LogP contribution >= 0.6 is 0 Å². The van der Waals surface area contributed by atoms with Crippen LogP contribution in [0.3, 0.4) is 0 Å². The highest BCUT2D eigenvalue weighted by Gasteiger charge is 2.35. The quantitative estimate of drug-likeness (QED) is 0.564. The molecule has 1 aliphatic heterocycles. The van der Waals surface area contributed by atoms with Gasteiger partial charge in [0.25, 0.3) is 0 Å². The minimum absolute atomic E-state index is 0.391. The third kappa shape index (κ3) is 1.26. The van der Waals surface area contributed by atoms with Crippen molar-refractivity contribution in [1.82, 2.24) is 5.43 Å². The second-order valence-electron chi connectivity index (χ2n) is 3.98. The van der Waals surface area contributed by atoms with E-state index in [0.717, 1.165) is 0 Å². The molecule has 2 aliphatic rings. The third-order valence-corrected chi connectivity index (χ3v) is 2.89. The summed E-state index contributed by atoms with van der Waals surface area (Å²) in [5.74, 6) is 0. The lowest BCUT2D eigenvalue weighted by Crippen LogP contribution is -2.40. The largest absolute Gasteiger partial charge is 0.304 e. The van der Waals surface area contributed by atoms with Gasteiger partial charge >= 0.3 is 0 Å². The van der Waals surface area contributed by atoms with Gasteiger partial charge in [0, 0.05) is 12.1 Å². The lowest BCUT2D eigenvalue weighted by atomic mass is 9.80. The van der Waals surface area contributed by atoms with Gasteiger partial charge in [-0.15, -0.1) is 0 Å². The Morgan fingerprint density at radius 2 is 2.00 bits per heavy atom. The number of rotatable bonds is 0. The summed E-state index contributed by atoms with van der Waals surface area (Å²) in [5, 5.41) is 4.28. The van der Waals surface area contributed by atoms with Gasteiger partial charge in [-0.25, -0.2) is 0 Å². The first-order valence-electron chi connectivity index (χ1n) is 4.61. The van der Waals surface area contributed by atoms with Crippen molar-refractivity contribution in [3.63, 3.8) is 0 Å². The molecule has 0 aromatic heterocycles. The summed E-state index contributed by atoms with van der Waals surface area (Å²) in [6.45, 7) is 2.12. The highest BCUT2D eigenvalue weighted by Crippen LogP contribution is 2.33. The van der Waals surface area contributed by atoms with Crippen molar-refractivity contribution in [3.8, 4) is 0 Å². The fraction of sp³-hybridized carbons (Fsp3) is 0.889. The molecule has 1 aliphatic carbocycles. The maximum absolute atomic E-state index is 4.28. The van der Waals surface area contributed by atoms with E-state index in [2.05, 4.69) is 17.5 Å². The molecule has 1 spiro atoms. The Morgan fingerprint density at radius 1 is 1.27 bits per heavy atom. The van der Waals surface area contributed by atoms with Gasteiger partial charge in [-0.1, -0.05) is 19.3 Å². The number of hydrogen-bond donors (Lipinski definition) is 1. The maximum atomic E-state index is 4.28. The van der Waals surface area contributed by atoms with E-state index in [1.54, 1.807) is 0 Å². The predicted octanol–water partition coefficient (Wildman–Crippen LogP) is 2.06. The second kappa shape index (κ2) is 2.50. The average Bonchev–Trinajstić information content (AvgIpc) is 2.34. The van der Waals surface area contributed by atoms with Crippen molar-refractivity contribution in [3.05, 3.63) is 0 Å². The minimum atomic E-state index is 0.391. The molecule has 0 aromatic carbocycles. The van der Waals surface area contributed by atoms with Gasteiger partial charge in [-0.3, -0.25) is 0 Å². The van der Waals surface area contributed by atoms with E-state index in [1.807, 2.05) is 0 Å². The highest BCUT2D eigenvalue weighted by molar-refractivity contribution is 5.84. The molecule has 2 rings (SSSR count). The zero-order valence-electron chi connectivity index (χ0n) is 7.19. The van der Waals surface area contributed by atoms with Crippen molar-refractivity contribution in [2.75, 3.05) is 0 Å². The fourth-order valence-electron chi connectivity index (χ4n) is 2.30. The zero-order valence-corrected chi connectivity index (χ0v) is 7.19. The summed E-state index contributed by atoms with van der Waals surface area (Å²) in [5.41, 5.74) is 4.99. The van der Waals surface area contributed by atoms with E-state index in [4.69, 9.17) is 0 Å². The highest BCUT2D eigenvalue weighted by atomic mass is 15.4. The molecule has 1 N–H and O–H groups in total. The summed E-state index contributed by atoms with van der Waals surface area (Å²) in [6.07, 6.45) is 8.03. The monoisotopic (exact) mass is 152 g/mol. The smallest absolute Gasteiger partial charge is 0.0601 e. The Morgan fingerprint density at radius 3 is 2.55 bits per heavy atom. The first-order valence-corrected chi connectivity index (χ1v) is 4.61. The molecule has 0 radical (unpaired) electrons. The Bertz CT molecular complexity index is 178. The number of hydrogen-bond acceptors (Lipinski definition) is 2. The SMILES string of the molecule is CC1=NNC2(CCCCC2)C1. The van der Waals surface area contributed by atoms with Gasteiger partial charge in [-0.2, -0.15) is 5.10 Å². The molecule has 62 valence electrons. The van der Waals surface area contributed by atoms with Crippen LogP contribution in [0, 0.1) is 0 Å². The van der Waals surface area contributed by atoms with E-state index < -0.39 is 0 Å². The van der Waals surface area contributed by atoms with Crippen LogP contribution in [0.1, 0.15) is 45.4 Å². The van der Waals surface area contributed by atoms with Gasteiger partial charge < -0.3 is 5.43 Å². The third-order valence-electron chi connectivity index (χ3n) is 2.89. The number of nitrogens with one attached hydrogen (secondary N) is 1. The molecule has 1 saturated carbocycles. The molecular formula is C9H16N2. The van der Waals surface area contributed by atoms with E-state index in [0.29, 0.717) is 5.54 Å². The van der Waals surface area contributed by atoms with Crippen molar-refractivity contribution in [1.29, 1.82) is 0 Å². The molecule has 0 atom stereocenters. The zero-order chi connectivity index (χ0) is 7.73. The Balaban J connectivity index is 2.01. The molecule has 0 unspecified atom stereocenters. The Kier molecular flexibility index (Phi) is 1.63. The lowest BCUT2D eigenvalue weighted by Gasteiger charge is -2.32. The van der Waals surface area contributed by atoms with Gasteiger partial charge in [0.05, 0.1) is 5.54 Å². The van der Waals surface area contributed by atoms with Gasteiger partial charge in [0.2, 0.25) is 0 Å². The van der Waals surface area contributed by atoms with Gasteiger partial charge in [-0.05, 0) is 19.8 Å². The maximum Gasteiger partial charge on any atom is 0.0601 e. The summed E-state index contributed by atoms with van der Waals surface area (Å²) in [7, 11) is 0. The second-order valence-corrected chi connectivity index (χ2v) is 3.98. The van der Waals surface area contributed by atoms with Crippen LogP contribution in [0.25, 0.3) is 0 Å². The van der Waals surface area contributed by atoms with Crippen molar-refractivity contribution in [2.45, 2.75) is 51.0 Å². The summed E-state index contributed by atoms with van der Waals surface area (Å²) in [4.78, 5) is 0. The van der Waals surface area contributed by atoms with Crippen molar-refractivity contribution < 1.29 is 0 Å². The summed E-state index contributed by atoms with van der Waals surface area (Å²) >= 11 is 0. The Hall–Kier alpha value is -0.530. The molecule has 1 heterocycles. The first-order chi connectivity index (χ1) is 5.31. The molecule has 11 heavy (non-hydrogen) atoms. The molecular weight excluding hydrogens is 136 g/mol. The normalized spacial score (nSPS) is 28.3. The average molecular weight is 152 g/mol. The summed E-state index contributed by atoms with van der Waals surface area (Å²) < 4.78 is 0. The molecule has 2 nitrogen and oxygen atoms in total. The van der Waals surface area contributed by atoms with Crippen molar-refractivity contribution >= 4 is 5.71 Å². The van der Waals surface area contributed by atoms with Gasteiger partial charge in [0.1, 0.15) is 0 Å². The van der Waals surface area contributed by atoms with Crippen LogP contribution in [-0.4, -0.2) is 11.3 Å². The fourth-order valence-corrected chi connectivity index (χ4v) is 2.30. The Labute approximate surface area is 68.1 Å². The first kappa shape index (κ1) is 7.14. The molecule has 0 aromatic rings. The van der Waals surface area contributed by atoms with Crippen LogP contribution in [0.4, 0.5) is 0 Å². The van der Waals surface area contributed by atoms with Gasteiger partial charge in [0.15, 0.2) is 0 Å². The topological polar surface area (TPSA) is 24.4 Å². The standard InChI is InChI=1S/C9H16N2/c1-8-7-9(11-10-8)5-3-2-4-6-9/h11H,2-7H2,1H3. The van der Waals surface area contributed by atoms with E-state index in [1.165, 1.54) is 44.2 Å². The predicted molar refractivity (Wildman–Crippen MR) is 46.7 cm³/mol. The molecule has 1 fully saturated rings. The van der Waals surface area contributed by atoms with Crippen LogP contribution in [0.15, 0.2) is 5.10 Å². The van der Waals surface area contributed by atoms with E-state index in [9.17, 15) is 0 Å². The molecule has 2 heteroatoms. The van der Waals surface area contributed by atoms with Crippen LogP contribution in [-0.2, 0) is 0 Å². The van der Waals surface area contributed by atoms with Crippen molar-refractivity contribution in [2.24, 2.45) is 5.10 Å². The molecule has 0 amide bonds. The molecule has 0 saturated heterocycles. The van der Waals surface area contributed by atoms with E-state index >= 15 is 0 Å². The number of nitrogens with zero attached hydrogens (tertiary/aromatic N) is 1. The lowest BCUT2D eigenvalue weighted by molar-refractivity contribution is 0.259. The van der Waals surface area contributed by atoms with Crippen LogP contribution < -0.4 is 5.43 Å².